The van der Waals surface area contributed by atoms with Gasteiger partial charge in [-0.2, -0.15) is 0 Å². The van der Waals surface area contributed by atoms with Crippen molar-refractivity contribution < 1.29 is 42.3 Å². The fraction of sp³-hybridized carbons (Fsp3) is 0.474. The molecule has 5 rings (SSSR count). The highest BCUT2D eigenvalue weighted by atomic mass is 31.2. The molecule has 1 unspecified atom stereocenters. The summed E-state index contributed by atoms with van der Waals surface area (Å²) in [5, 5.41) is 2.41. The van der Waals surface area contributed by atoms with E-state index in [-0.39, 0.29) is 37.6 Å². The maximum absolute atomic E-state index is 13.1. The Balaban J connectivity index is 1.60. The summed E-state index contributed by atoms with van der Waals surface area (Å²) < 4.78 is 46.1. The van der Waals surface area contributed by atoms with Crippen LogP contribution in [0.25, 0.3) is 0 Å². The fourth-order valence-electron chi connectivity index (χ4n) is 6.84. The van der Waals surface area contributed by atoms with E-state index in [0.29, 0.717) is 11.5 Å². The highest BCUT2D eigenvalue weighted by Crippen LogP contribution is 2.50. The predicted molar refractivity (Wildman–Crippen MR) is 193 cm³/mol. The van der Waals surface area contributed by atoms with E-state index >= 15 is 0 Å². The average Bonchev–Trinajstić information content (AvgIpc) is 3.48. The number of benzene rings is 3. The summed E-state index contributed by atoms with van der Waals surface area (Å²) >= 11 is 0. The van der Waals surface area contributed by atoms with Crippen LogP contribution in [0.2, 0.25) is 0 Å². The number of methoxy groups -OCH3 is 3. The Kier molecular flexibility index (Phi) is 13.1. The molecule has 0 bridgehead atoms. The number of amides is 3. The Bertz CT molecular complexity index is 1520. The molecule has 2 aliphatic heterocycles. The first-order chi connectivity index (χ1) is 24.6. The third kappa shape index (κ3) is 8.23. The number of nitrogens with zero attached hydrogens (tertiary/aromatic N) is 2. The van der Waals surface area contributed by atoms with E-state index in [4.69, 9.17) is 32.7 Å². The SMILES string of the molecule is COc1ccc(C(OC[C@H]2O[C@@H](N3CCC(=O)NC3=O)[C@H](OC)[C@@H]2OP(OC)N(C(C)C)C(C)C)(c2ccccc2)c2ccc(OC)cc2)cc1. The summed E-state index contributed by atoms with van der Waals surface area (Å²) in [5.41, 5.74) is 1.47. The summed E-state index contributed by atoms with van der Waals surface area (Å²) in [6, 6.07) is 25.2. The van der Waals surface area contributed by atoms with Gasteiger partial charge in [-0.1, -0.05) is 54.6 Å². The smallest absolute Gasteiger partial charge is 0.326 e. The third-order valence-corrected chi connectivity index (χ3v) is 11.2. The number of urea groups is 1. The van der Waals surface area contributed by atoms with Crippen molar-refractivity contribution in [3.8, 4) is 11.5 Å². The van der Waals surface area contributed by atoms with Gasteiger partial charge in [-0.15, -0.1) is 0 Å². The van der Waals surface area contributed by atoms with Crippen LogP contribution in [0.3, 0.4) is 0 Å². The van der Waals surface area contributed by atoms with Gasteiger partial charge in [0.05, 0.1) is 20.8 Å². The molecule has 12 nitrogen and oxygen atoms in total. The van der Waals surface area contributed by atoms with E-state index in [1.54, 1.807) is 28.4 Å². The lowest BCUT2D eigenvalue weighted by Gasteiger charge is -2.39. The first-order valence-corrected chi connectivity index (χ1v) is 18.3. The Hall–Kier alpha value is -3.61. The lowest BCUT2D eigenvalue weighted by molar-refractivity contribution is -0.128. The molecule has 3 aromatic carbocycles. The minimum atomic E-state index is -1.59. The Morgan fingerprint density at radius 1 is 0.824 bits per heavy atom. The quantitative estimate of drug-likeness (QED) is 0.138. The summed E-state index contributed by atoms with van der Waals surface area (Å²) in [6.07, 6.45) is -2.91. The van der Waals surface area contributed by atoms with Crippen molar-refractivity contribution in [1.82, 2.24) is 14.9 Å². The van der Waals surface area contributed by atoms with Crippen molar-refractivity contribution in [3.05, 3.63) is 95.6 Å². The molecular formula is C38H50N3O9P. The molecule has 0 spiro atoms. The van der Waals surface area contributed by atoms with Crippen molar-refractivity contribution in [1.29, 1.82) is 0 Å². The van der Waals surface area contributed by atoms with Gasteiger partial charge in [-0.3, -0.25) is 15.0 Å². The van der Waals surface area contributed by atoms with Gasteiger partial charge >= 0.3 is 6.03 Å². The van der Waals surface area contributed by atoms with Crippen LogP contribution < -0.4 is 14.8 Å². The lowest BCUT2D eigenvalue weighted by Crippen LogP contribution is -2.57. The first kappa shape index (κ1) is 38.6. The molecular weight excluding hydrogens is 673 g/mol. The molecule has 2 aliphatic rings. The van der Waals surface area contributed by atoms with Crippen molar-refractivity contribution in [2.75, 3.05) is 41.6 Å². The minimum absolute atomic E-state index is 0.0264. The maximum Gasteiger partial charge on any atom is 0.326 e. The largest absolute Gasteiger partial charge is 0.497 e. The number of carbonyl (C=O) groups excluding carboxylic acids is 2. The number of ether oxygens (including phenoxy) is 5. The highest BCUT2D eigenvalue weighted by Gasteiger charge is 2.53. The Labute approximate surface area is 302 Å². The molecule has 0 aliphatic carbocycles. The van der Waals surface area contributed by atoms with E-state index < -0.39 is 44.7 Å². The van der Waals surface area contributed by atoms with Gasteiger partial charge in [-0.05, 0) is 68.7 Å². The normalized spacial score (nSPS) is 21.7. The van der Waals surface area contributed by atoms with E-state index in [1.165, 1.54) is 4.90 Å². The summed E-state index contributed by atoms with van der Waals surface area (Å²) in [6.45, 7) is 8.56. The molecule has 5 atom stereocenters. The number of hydrogen-bond donors (Lipinski definition) is 1. The van der Waals surface area contributed by atoms with E-state index in [1.807, 2.05) is 78.9 Å². The van der Waals surface area contributed by atoms with Gasteiger partial charge in [0.1, 0.15) is 35.4 Å². The first-order valence-electron chi connectivity index (χ1n) is 17.1. The van der Waals surface area contributed by atoms with Crippen molar-refractivity contribution >= 4 is 20.5 Å². The van der Waals surface area contributed by atoms with Gasteiger partial charge in [0, 0.05) is 39.3 Å². The lowest BCUT2D eigenvalue weighted by atomic mass is 9.80. The van der Waals surface area contributed by atoms with Crippen LogP contribution in [0.5, 0.6) is 11.5 Å². The second-order valence-electron chi connectivity index (χ2n) is 12.9. The third-order valence-electron chi connectivity index (χ3n) is 9.20. The van der Waals surface area contributed by atoms with Crippen LogP contribution in [0.15, 0.2) is 78.9 Å². The number of hydrogen-bond acceptors (Lipinski definition) is 10. The summed E-state index contributed by atoms with van der Waals surface area (Å²) in [7, 11) is 4.86. The molecule has 2 saturated heterocycles. The number of rotatable bonds is 16. The summed E-state index contributed by atoms with van der Waals surface area (Å²) in [5.74, 6) is 1.08. The number of imide groups is 1. The zero-order valence-corrected chi connectivity index (χ0v) is 31.5. The molecule has 276 valence electrons. The van der Waals surface area contributed by atoms with Gasteiger partial charge in [-0.25, -0.2) is 9.46 Å². The molecule has 51 heavy (non-hydrogen) atoms. The topological polar surface area (TPSA) is 117 Å². The van der Waals surface area contributed by atoms with Gasteiger partial charge in [0.25, 0.3) is 8.53 Å². The van der Waals surface area contributed by atoms with Crippen LogP contribution in [0.1, 0.15) is 50.8 Å². The van der Waals surface area contributed by atoms with Gasteiger partial charge < -0.3 is 32.7 Å². The molecule has 0 saturated carbocycles. The molecule has 0 aromatic heterocycles. The molecule has 3 aromatic rings. The predicted octanol–water partition coefficient (Wildman–Crippen LogP) is 6.07. The maximum atomic E-state index is 13.1. The standard InChI is InChI=1S/C38H50N3O9P/c1-25(2)41(26(3)4)51(47-8)50-34-32(49-36(35(34)46-7)40-23-22-33(42)39-37(40)43)24-48-38(27-12-10-9-11-13-27,28-14-18-30(44-5)19-15-28)29-16-20-31(45-6)21-17-29/h9-21,25-26,32,34-36H,22-24H2,1-8H3,(H,39,42,43)/t32-,34-,35-,36-,51?/m1/s1. The van der Waals surface area contributed by atoms with Crippen LogP contribution in [-0.4, -0.2) is 99.7 Å². The van der Waals surface area contributed by atoms with Crippen molar-refractivity contribution in [3.63, 3.8) is 0 Å². The molecule has 3 amide bonds. The van der Waals surface area contributed by atoms with Crippen LogP contribution in [0, 0.1) is 0 Å². The molecule has 13 heteroatoms. The van der Waals surface area contributed by atoms with E-state index in [0.717, 1.165) is 16.7 Å². The Morgan fingerprint density at radius 2 is 1.37 bits per heavy atom. The minimum Gasteiger partial charge on any atom is -0.497 e. The number of carbonyl (C=O) groups is 2. The van der Waals surface area contributed by atoms with Crippen LogP contribution >= 0.6 is 8.53 Å². The van der Waals surface area contributed by atoms with Gasteiger partial charge in [0.2, 0.25) is 5.91 Å². The molecule has 2 heterocycles. The zero-order valence-electron chi connectivity index (χ0n) is 30.6. The van der Waals surface area contributed by atoms with E-state index in [2.05, 4.69) is 37.7 Å². The average molecular weight is 724 g/mol. The molecule has 0 radical (unpaired) electrons. The summed E-state index contributed by atoms with van der Waals surface area (Å²) in [4.78, 5) is 26.7. The zero-order chi connectivity index (χ0) is 36.7. The number of nitrogens with one attached hydrogen (secondary N) is 1. The Morgan fingerprint density at radius 3 is 1.84 bits per heavy atom. The van der Waals surface area contributed by atoms with Gasteiger partial charge in [0.15, 0.2) is 6.23 Å². The fourth-order valence-corrected chi connectivity index (χ4v) is 8.44. The highest BCUT2D eigenvalue weighted by molar-refractivity contribution is 7.44. The van der Waals surface area contributed by atoms with E-state index in [9.17, 15) is 9.59 Å². The second-order valence-corrected chi connectivity index (χ2v) is 14.4. The molecule has 2 fully saturated rings. The van der Waals surface area contributed by atoms with Crippen LogP contribution in [0.4, 0.5) is 4.79 Å². The molecule has 1 N–H and O–H groups in total. The van der Waals surface area contributed by atoms with Crippen molar-refractivity contribution in [2.24, 2.45) is 0 Å². The van der Waals surface area contributed by atoms with Crippen molar-refractivity contribution in [2.45, 2.75) is 76.3 Å². The monoisotopic (exact) mass is 723 g/mol. The van der Waals surface area contributed by atoms with Crippen LogP contribution in [-0.2, 0) is 33.7 Å². The second kappa shape index (κ2) is 17.3.